The molecule has 120 valence electrons. The Morgan fingerprint density at radius 2 is 2.17 bits per heavy atom. The number of hydrogen-bond acceptors (Lipinski definition) is 4. The van der Waals surface area contributed by atoms with Crippen molar-refractivity contribution in [1.82, 2.24) is 10.2 Å². The monoisotopic (exact) mass is 328 g/mol. The number of thioether (sulfide) groups is 1. The number of nitrogens with one attached hydrogen (secondary N) is 1. The van der Waals surface area contributed by atoms with Gasteiger partial charge >= 0.3 is 0 Å². The fourth-order valence-corrected chi connectivity index (χ4v) is 3.50. The van der Waals surface area contributed by atoms with Gasteiger partial charge in [0.05, 0.1) is 11.0 Å². The summed E-state index contributed by atoms with van der Waals surface area (Å²) < 4.78 is 0. The van der Waals surface area contributed by atoms with Gasteiger partial charge in [0.1, 0.15) is 5.37 Å². The molecule has 2 heterocycles. The number of carbonyl (C=O) groups is 1. The Morgan fingerprint density at radius 1 is 1.39 bits per heavy atom. The number of piperidine rings is 1. The first-order valence-corrected chi connectivity index (χ1v) is 8.68. The van der Waals surface area contributed by atoms with Gasteiger partial charge in [-0.1, -0.05) is 35.7 Å². The maximum Gasteiger partial charge on any atom is 0.261 e. The second-order valence-corrected chi connectivity index (χ2v) is 6.98. The molecule has 23 heavy (non-hydrogen) atoms. The molecule has 2 aliphatic heterocycles. The first-order valence-electron chi connectivity index (χ1n) is 7.80. The fourth-order valence-electron chi connectivity index (χ4n) is 2.63. The Morgan fingerprint density at radius 3 is 2.91 bits per heavy atom. The molecule has 4 nitrogen and oxygen atoms in total. The van der Waals surface area contributed by atoms with Crippen LogP contribution in [0.15, 0.2) is 35.4 Å². The zero-order valence-corrected chi connectivity index (χ0v) is 13.9. The van der Waals surface area contributed by atoms with E-state index in [2.05, 4.69) is 17.2 Å². The lowest BCUT2D eigenvalue weighted by molar-refractivity contribution is -0.128. The predicted molar refractivity (Wildman–Crippen MR) is 92.5 cm³/mol. The number of benzene rings is 1. The van der Waals surface area contributed by atoms with Crippen LogP contribution in [0.25, 0.3) is 0 Å². The Labute approximate surface area is 140 Å². The van der Waals surface area contributed by atoms with Gasteiger partial charge in [0.15, 0.2) is 0 Å². The van der Waals surface area contributed by atoms with Gasteiger partial charge in [-0.05, 0) is 37.5 Å². The minimum absolute atomic E-state index is 0.0363. The Kier molecular flexibility index (Phi) is 4.94. The van der Waals surface area contributed by atoms with Crippen molar-refractivity contribution in [1.29, 1.82) is 0 Å². The highest BCUT2D eigenvalue weighted by molar-refractivity contribution is 8.05. The minimum Gasteiger partial charge on any atom is -0.393 e. The molecular formula is C18H20N2O2S. The predicted octanol–water partition coefficient (Wildman–Crippen LogP) is 1.83. The number of hydrogen-bond donors (Lipinski definition) is 2. The van der Waals surface area contributed by atoms with Crippen molar-refractivity contribution in [2.45, 2.75) is 31.2 Å². The molecule has 1 aromatic carbocycles. The molecule has 0 radical (unpaired) electrons. The lowest BCUT2D eigenvalue weighted by atomic mass is 10.1. The molecule has 3 rings (SSSR count). The Bertz CT molecular complexity index is 682. The summed E-state index contributed by atoms with van der Waals surface area (Å²) in [7, 11) is 0. The van der Waals surface area contributed by atoms with Crippen molar-refractivity contribution in [3.05, 3.63) is 46.5 Å². The third kappa shape index (κ3) is 4.10. The van der Waals surface area contributed by atoms with Gasteiger partial charge in [-0.3, -0.25) is 4.79 Å². The normalized spacial score (nSPS) is 21.2. The van der Waals surface area contributed by atoms with E-state index >= 15 is 0 Å². The summed E-state index contributed by atoms with van der Waals surface area (Å²) in [5.74, 6) is 6.34. The van der Waals surface area contributed by atoms with Crippen LogP contribution in [0.2, 0.25) is 0 Å². The summed E-state index contributed by atoms with van der Waals surface area (Å²) in [4.78, 5) is 14.9. The maximum absolute atomic E-state index is 12.4. The van der Waals surface area contributed by atoms with Crippen molar-refractivity contribution in [3.63, 3.8) is 0 Å². The van der Waals surface area contributed by atoms with Crippen LogP contribution in [0.4, 0.5) is 0 Å². The Balaban J connectivity index is 1.57. The van der Waals surface area contributed by atoms with Crippen LogP contribution < -0.4 is 5.32 Å². The smallest absolute Gasteiger partial charge is 0.261 e. The second kappa shape index (κ2) is 7.12. The highest BCUT2D eigenvalue weighted by atomic mass is 32.2. The molecule has 1 aromatic rings. The van der Waals surface area contributed by atoms with Crippen molar-refractivity contribution in [2.24, 2.45) is 0 Å². The van der Waals surface area contributed by atoms with Crippen LogP contribution in [0.3, 0.4) is 0 Å². The van der Waals surface area contributed by atoms with E-state index in [-0.39, 0.29) is 17.4 Å². The van der Waals surface area contributed by atoms with Crippen molar-refractivity contribution < 1.29 is 9.90 Å². The van der Waals surface area contributed by atoms with Crippen LogP contribution in [0.5, 0.6) is 0 Å². The molecule has 2 N–H and O–H groups in total. The van der Waals surface area contributed by atoms with Gasteiger partial charge in [0, 0.05) is 24.9 Å². The molecular weight excluding hydrogens is 308 g/mol. The van der Waals surface area contributed by atoms with E-state index in [0.29, 0.717) is 30.8 Å². The minimum atomic E-state index is -0.268. The molecule has 1 atom stereocenters. The van der Waals surface area contributed by atoms with E-state index in [1.165, 1.54) is 17.3 Å². The van der Waals surface area contributed by atoms with E-state index in [1.807, 2.05) is 36.1 Å². The number of nitrogens with zero attached hydrogens (tertiary/aromatic N) is 1. The number of rotatable bonds is 1. The molecule has 5 heteroatoms. The molecule has 1 fully saturated rings. The number of carbonyl (C=O) groups excluding carboxylic acids is 1. The molecule has 0 aromatic heterocycles. The van der Waals surface area contributed by atoms with Gasteiger partial charge in [-0.25, -0.2) is 0 Å². The fraction of sp³-hybridized carbons (Fsp3) is 0.389. The molecule has 0 aliphatic carbocycles. The van der Waals surface area contributed by atoms with Crippen molar-refractivity contribution in [3.8, 4) is 11.8 Å². The number of aryl methyl sites for hydroxylation is 1. The molecule has 1 saturated heterocycles. The summed E-state index contributed by atoms with van der Waals surface area (Å²) in [5.41, 5.74) is 2.17. The number of likely N-dealkylation sites (tertiary alicyclic amines) is 1. The maximum atomic E-state index is 12.4. The van der Waals surface area contributed by atoms with Gasteiger partial charge in [-0.2, -0.15) is 0 Å². The quantitative estimate of drug-likeness (QED) is 0.773. The summed E-state index contributed by atoms with van der Waals surface area (Å²) in [6, 6.07) is 8.07. The standard InChI is InChI=1S/C18H20N2O2S/c1-13-3-2-4-14(11-13)5-6-17-19-12-16(23-17)18(22)20-9-7-15(21)8-10-20/h2-4,11-12,15,17,19,21H,7-10H2,1H3. The van der Waals surface area contributed by atoms with Crippen LogP contribution in [0, 0.1) is 18.8 Å². The third-order valence-corrected chi connectivity index (χ3v) is 4.97. The van der Waals surface area contributed by atoms with E-state index in [0.717, 1.165) is 5.56 Å². The van der Waals surface area contributed by atoms with Gasteiger partial charge in [0.25, 0.3) is 5.91 Å². The SMILES string of the molecule is Cc1cccc(C#CC2NC=C(C(=O)N3CCC(O)CC3)S2)c1. The highest BCUT2D eigenvalue weighted by Crippen LogP contribution is 2.28. The molecule has 2 aliphatic rings. The van der Waals surface area contributed by atoms with Gasteiger partial charge < -0.3 is 15.3 Å². The highest BCUT2D eigenvalue weighted by Gasteiger charge is 2.27. The molecule has 0 spiro atoms. The number of amides is 1. The zero-order chi connectivity index (χ0) is 16.2. The second-order valence-electron chi connectivity index (χ2n) is 5.84. The molecule has 1 unspecified atom stereocenters. The van der Waals surface area contributed by atoms with E-state index in [4.69, 9.17) is 0 Å². The number of aliphatic hydroxyl groups is 1. The molecule has 0 bridgehead atoms. The average Bonchev–Trinajstić information content (AvgIpc) is 3.02. The lowest BCUT2D eigenvalue weighted by Gasteiger charge is -2.29. The first kappa shape index (κ1) is 16.0. The first-order chi connectivity index (χ1) is 11.1. The van der Waals surface area contributed by atoms with Crippen molar-refractivity contribution >= 4 is 17.7 Å². The van der Waals surface area contributed by atoms with Gasteiger partial charge in [-0.15, -0.1) is 0 Å². The molecule has 0 saturated carbocycles. The largest absolute Gasteiger partial charge is 0.393 e. The zero-order valence-electron chi connectivity index (χ0n) is 13.1. The average molecular weight is 328 g/mol. The van der Waals surface area contributed by atoms with Crippen LogP contribution >= 0.6 is 11.8 Å². The van der Waals surface area contributed by atoms with E-state index < -0.39 is 0 Å². The van der Waals surface area contributed by atoms with Crippen LogP contribution in [0.1, 0.15) is 24.0 Å². The molecule has 1 amide bonds. The van der Waals surface area contributed by atoms with Crippen LogP contribution in [-0.4, -0.2) is 40.5 Å². The van der Waals surface area contributed by atoms with E-state index in [1.54, 1.807) is 6.20 Å². The summed E-state index contributed by atoms with van der Waals surface area (Å²) in [6.07, 6.45) is 2.81. The third-order valence-electron chi connectivity index (χ3n) is 3.94. The summed E-state index contributed by atoms with van der Waals surface area (Å²) in [5, 5.41) is 12.6. The Hall–Kier alpha value is -1.90. The summed E-state index contributed by atoms with van der Waals surface area (Å²) >= 11 is 1.46. The van der Waals surface area contributed by atoms with E-state index in [9.17, 15) is 9.90 Å². The van der Waals surface area contributed by atoms with Crippen LogP contribution in [-0.2, 0) is 4.79 Å². The number of aliphatic hydroxyl groups excluding tert-OH is 1. The van der Waals surface area contributed by atoms with Crippen molar-refractivity contribution in [2.75, 3.05) is 13.1 Å². The lowest BCUT2D eigenvalue weighted by Crippen LogP contribution is -2.40. The topological polar surface area (TPSA) is 52.6 Å². The summed E-state index contributed by atoms with van der Waals surface area (Å²) in [6.45, 7) is 3.29. The van der Waals surface area contributed by atoms with Gasteiger partial charge in [0.2, 0.25) is 0 Å².